The minimum Gasteiger partial charge on any atom is -0.355 e. The highest BCUT2D eigenvalue weighted by Gasteiger charge is 2.23. The number of halogens is 1. The number of anilines is 1. The third kappa shape index (κ3) is 3.26. The average molecular weight is 427 g/mol. The van der Waals surface area contributed by atoms with Gasteiger partial charge in [-0.2, -0.15) is 0 Å². The molecule has 0 saturated carbocycles. The van der Waals surface area contributed by atoms with E-state index in [1.54, 1.807) is 31.2 Å². The largest absolute Gasteiger partial charge is 0.355 e. The zero-order valence-corrected chi connectivity index (χ0v) is 16.5. The fraction of sp³-hybridized carbons (Fsp3) is 0.188. The standard InChI is InChI=1S/C16H15BrN2O3S2/c1-9-10(2)18-22-16(9)14-8-15(11(3)23-14)24(20,21)19-13-6-4-5-12(17)7-13/h4-8,19H,1-3H3. The second-order valence-corrected chi connectivity index (χ2v) is 9.19. The van der Waals surface area contributed by atoms with Gasteiger partial charge >= 0.3 is 0 Å². The lowest BCUT2D eigenvalue weighted by Crippen LogP contribution is -2.13. The van der Waals surface area contributed by atoms with Crippen molar-refractivity contribution in [2.45, 2.75) is 25.7 Å². The van der Waals surface area contributed by atoms with Crippen molar-refractivity contribution in [1.29, 1.82) is 0 Å². The van der Waals surface area contributed by atoms with Gasteiger partial charge in [-0.05, 0) is 45.0 Å². The zero-order chi connectivity index (χ0) is 17.5. The SMILES string of the molecule is Cc1noc(-c2cc(S(=O)(=O)Nc3cccc(Br)c3)c(C)s2)c1C. The average Bonchev–Trinajstić information content (AvgIpc) is 3.03. The second kappa shape index (κ2) is 6.34. The Labute approximate surface area is 152 Å². The molecule has 3 aromatic rings. The summed E-state index contributed by atoms with van der Waals surface area (Å²) in [5.74, 6) is 0.615. The maximum absolute atomic E-state index is 12.7. The third-order valence-corrected chi connectivity index (χ3v) is 6.80. The molecule has 5 nitrogen and oxygen atoms in total. The van der Waals surface area contributed by atoms with E-state index in [4.69, 9.17) is 4.52 Å². The van der Waals surface area contributed by atoms with Gasteiger partial charge < -0.3 is 4.52 Å². The smallest absolute Gasteiger partial charge is 0.263 e. The van der Waals surface area contributed by atoms with Crippen LogP contribution in [0.15, 0.2) is 44.2 Å². The van der Waals surface area contributed by atoms with Crippen LogP contribution in [0, 0.1) is 20.8 Å². The number of benzene rings is 1. The highest BCUT2D eigenvalue weighted by Crippen LogP contribution is 2.36. The van der Waals surface area contributed by atoms with E-state index >= 15 is 0 Å². The number of aryl methyl sites for hydroxylation is 2. The number of hydrogen-bond donors (Lipinski definition) is 1. The Hall–Kier alpha value is -1.64. The molecule has 0 spiro atoms. The normalized spacial score (nSPS) is 11.7. The van der Waals surface area contributed by atoms with Crippen molar-refractivity contribution in [1.82, 2.24) is 5.16 Å². The first-order valence-corrected chi connectivity index (χ1v) is 10.2. The van der Waals surface area contributed by atoms with E-state index in [2.05, 4.69) is 25.8 Å². The van der Waals surface area contributed by atoms with Crippen LogP contribution in [0.2, 0.25) is 0 Å². The molecule has 3 rings (SSSR count). The first-order valence-electron chi connectivity index (χ1n) is 7.10. The molecule has 1 aromatic carbocycles. The van der Waals surface area contributed by atoms with Crippen molar-refractivity contribution in [3.8, 4) is 10.6 Å². The van der Waals surface area contributed by atoms with Gasteiger partial charge in [0.2, 0.25) is 0 Å². The summed E-state index contributed by atoms with van der Waals surface area (Å²) in [4.78, 5) is 1.69. The fourth-order valence-electron chi connectivity index (χ4n) is 2.25. The Bertz CT molecular complexity index is 1010. The molecule has 0 amide bonds. The van der Waals surface area contributed by atoms with Gasteiger partial charge in [-0.15, -0.1) is 11.3 Å². The van der Waals surface area contributed by atoms with Crippen molar-refractivity contribution >= 4 is 43.0 Å². The van der Waals surface area contributed by atoms with E-state index < -0.39 is 10.0 Å². The number of nitrogens with zero attached hydrogens (tertiary/aromatic N) is 1. The molecule has 0 aliphatic heterocycles. The summed E-state index contributed by atoms with van der Waals surface area (Å²) in [6.07, 6.45) is 0. The molecule has 126 valence electrons. The lowest BCUT2D eigenvalue weighted by molar-refractivity contribution is 0.427. The number of hydrogen-bond acceptors (Lipinski definition) is 5. The van der Waals surface area contributed by atoms with Crippen LogP contribution >= 0.6 is 27.3 Å². The molecule has 0 unspecified atom stereocenters. The van der Waals surface area contributed by atoms with Crippen LogP contribution in [0.4, 0.5) is 5.69 Å². The monoisotopic (exact) mass is 426 g/mol. The van der Waals surface area contributed by atoms with Crippen molar-refractivity contribution in [3.05, 3.63) is 50.9 Å². The molecule has 0 fully saturated rings. The van der Waals surface area contributed by atoms with Gasteiger partial charge in [-0.1, -0.05) is 27.2 Å². The molecule has 0 aliphatic rings. The Morgan fingerprint density at radius 1 is 1.21 bits per heavy atom. The molecule has 0 bridgehead atoms. The highest BCUT2D eigenvalue weighted by atomic mass is 79.9. The van der Waals surface area contributed by atoms with E-state index in [9.17, 15) is 8.42 Å². The Balaban J connectivity index is 1.98. The summed E-state index contributed by atoms with van der Waals surface area (Å²) in [6, 6.07) is 8.65. The minimum absolute atomic E-state index is 0.246. The van der Waals surface area contributed by atoms with Crippen molar-refractivity contribution in [3.63, 3.8) is 0 Å². The molecule has 24 heavy (non-hydrogen) atoms. The quantitative estimate of drug-likeness (QED) is 0.644. The fourth-order valence-corrected chi connectivity index (χ4v) is 5.33. The molecule has 0 saturated heterocycles. The maximum Gasteiger partial charge on any atom is 0.263 e. The first-order chi connectivity index (χ1) is 11.3. The molecule has 1 N–H and O–H groups in total. The summed E-state index contributed by atoms with van der Waals surface area (Å²) in [7, 11) is -3.68. The minimum atomic E-state index is -3.68. The second-order valence-electron chi connectivity index (χ2n) is 5.37. The number of thiophene rings is 1. The number of sulfonamides is 1. The van der Waals surface area contributed by atoms with Gasteiger partial charge in [0.25, 0.3) is 10.0 Å². The van der Waals surface area contributed by atoms with Gasteiger partial charge in [0.05, 0.1) is 10.6 Å². The molecular weight excluding hydrogens is 412 g/mol. The van der Waals surface area contributed by atoms with Crippen molar-refractivity contribution in [2.75, 3.05) is 4.72 Å². The number of rotatable bonds is 4. The Kier molecular flexibility index (Phi) is 4.54. The summed E-state index contributed by atoms with van der Waals surface area (Å²) in [6.45, 7) is 5.54. The zero-order valence-electron chi connectivity index (χ0n) is 13.3. The molecule has 2 aromatic heterocycles. The van der Waals surface area contributed by atoms with E-state index in [1.165, 1.54) is 11.3 Å². The molecule has 2 heterocycles. The lowest BCUT2D eigenvalue weighted by Gasteiger charge is -2.07. The van der Waals surface area contributed by atoms with Crippen molar-refractivity contribution < 1.29 is 12.9 Å². The molecule has 0 atom stereocenters. The number of aromatic nitrogens is 1. The van der Waals surface area contributed by atoms with Crippen LogP contribution < -0.4 is 4.72 Å². The first kappa shape index (κ1) is 17.2. The number of nitrogens with one attached hydrogen (secondary N) is 1. The van der Waals surface area contributed by atoms with Crippen LogP contribution in [0.3, 0.4) is 0 Å². The van der Waals surface area contributed by atoms with Crippen LogP contribution in [-0.2, 0) is 10.0 Å². The van der Waals surface area contributed by atoms with Gasteiger partial charge in [0.15, 0.2) is 5.76 Å². The van der Waals surface area contributed by atoms with E-state index in [0.717, 1.165) is 20.6 Å². The molecule has 0 radical (unpaired) electrons. The predicted molar refractivity (Wildman–Crippen MR) is 99.0 cm³/mol. The van der Waals surface area contributed by atoms with E-state index in [1.807, 2.05) is 19.9 Å². The summed E-state index contributed by atoms with van der Waals surface area (Å²) in [5, 5.41) is 3.93. The van der Waals surface area contributed by atoms with Gasteiger partial charge in [-0.25, -0.2) is 8.42 Å². The van der Waals surface area contributed by atoms with E-state index in [0.29, 0.717) is 16.3 Å². The van der Waals surface area contributed by atoms with Crippen LogP contribution in [0.1, 0.15) is 16.1 Å². The van der Waals surface area contributed by atoms with Crippen LogP contribution in [-0.4, -0.2) is 13.6 Å². The summed E-state index contributed by atoms with van der Waals surface area (Å²) in [5.41, 5.74) is 2.22. The molecule has 0 aliphatic carbocycles. The topological polar surface area (TPSA) is 72.2 Å². The maximum atomic E-state index is 12.7. The van der Waals surface area contributed by atoms with E-state index in [-0.39, 0.29) is 4.90 Å². The summed E-state index contributed by atoms with van der Waals surface area (Å²) < 4.78 is 34.1. The third-order valence-electron chi connectivity index (χ3n) is 3.62. The van der Waals surface area contributed by atoms with Gasteiger partial charge in [-0.3, -0.25) is 4.72 Å². The van der Waals surface area contributed by atoms with Crippen molar-refractivity contribution in [2.24, 2.45) is 0 Å². The van der Waals surface area contributed by atoms with Gasteiger partial charge in [0, 0.05) is 20.6 Å². The highest BCUT2D eigenvalue weighted by molar-refractivity contribution is 9.10. The molecule has 8 heteroatoms. The summed E-state index contributed by atoms with van der Waals surface area (Å²) >= 11 is 4.71. The lowest BCUT2D eigenvalue weighted by atomic mass is 10.2. The van der Waals surface area contributed by atoms with Crippen LogP contribution in [0.5, 0.6) is 0 Å². The van der Waals surface area contributed by atoms with Crippen LogP contribution in [0.25, 0.3) is 10.6 Å². The molecular formula is C16H15BrN2O3S2. The predicted octanol–water partition coefficient (Wildman–Crippen LogP) is 4.89. The Morgan fingerprint density at radius 2 is 1.96 bits per heavy atom. The Morgan fingerprint density at radius 3 is 2.58 bits per heavy atom. The van der Waals surface area contributed by atoms with Gasteiger partial charge in [0.1, 0.15) is 4.90 Å².